The Morgan fingerprint density at radius 3 is 2.85 bits per heavy atom. The number of aromatic nitrogens is 3. The Morgan fingerprint density at radius 2 is 2.23 bits per heavy atom. The molecule has 0 spiro atoms. The van der Waals surface area contributed by atoms with Crippen LogP contribution < -0.4 is 0 Å². The summed E-state index contributed by atoms with van der Waals surface area (Å²) in [6.07, 6.45) is 3.12. The van der Waals surface area contributed by atoms with Gasteiger partial charge < -0.3 is 0 Å². The van der Waals surface area contributed by atoms with E-state index < -0.39 is 0 Å². The normalized spacial score (nSPS) is 10.3. The van der Waals surface area contributed by atoms with Crippen LogP contribution in [0.2, 0.25) is 5.02 Å². The lowest BCUT2D eigenvalue weighted by Crippen LogP contribution is -1.97. The van der Waals surface area contributed by atoms with E-state index in [2.05, 4.69) is 10.1 Å². The number of para-hydroxylation sites is 1. The van der Waals surface area contributed by atoms with E-state index in [0.29, 0.717) is 5.02 Å². The molecule has 3 nitrogen and oxygen atoms in total. The van der Waals surface area contributed by atoms with E-state index in [1.54, 1.807) is 11.0 Å². The second-order valence-electron chi connectivity index (χ2n) is 2.75. The van der Waals surface area contributed by atoms with E-state index >= 15 is 0 Å². The summed E-state index contributed by atoms with van der Waals surface area (Å²) in [5.41, 5.74) is 1.97. The van der Waals surface area contributed by atoms with Gasteiger partial charge in [-0.05, 0) is 18.6 Å². The summed E-state index contributed by atoms with van der Waals surface area (Å²) in [6, 6.07) is 5.74. The van der Waals surface area contributed by atoms with E-state index in [1.165, 1.54) is 6.33 Å². The molecule has 66 valence electrons. The Hall–Kier alpha value is -1.35. The molecule has 0 aliphatic carbocycles. The van der Waals surface area contributed by atoms with Gasteiger partial charge in [0, 0.05) is 0 Å². The maximum atomic E-state index is 6.03. The predicted molar refractivity (Wildman–Crippen MR) is 51.1 cm³/mol. The van der Waals surface area contributed by atoms with Crippen LogP contribution in [0.5, 0.6) is 0 Å². The first kappa shape index (κ1) is 8.26. The molecule has 4 heteroatoms. The topological polar surface area (TPSA) is 30.7 Å². The molecule has 0 unspecified atom stereocenters. The van der Waals surface area contributed by atoms with Crippen molar-refractivity contribution in [2.45, 2.75) is 6.92 Å². The van der Waals surface area contributed by atoms with Gasteiger partial charge in [-0.2, -0.15) is 5.10 Å². The van der Waals surface area contributed by atoms with Crippen LogP contribution >= 0.6 is 11.6 Å². The molecule has 13 heavy (non-hydrogen) atoms. The zero-order valence-corrected chi connectivity index (χ0v) is 7.86. The monoisotopic (exact) mass is 193 g/mol. The number of hydrogen-bond donors (Lipinski definition) is 0. The van der Waals surface area contributed by atoms with Crippen LogP contribution in [0.15, 0.2) is 30.9 Å². The van der Waals surface area contributed by atoms with Gasteiger partial charge in [0.05, 0.1) is 10.7 Å². The maximum Gasteiger partial charge on any atom is 0.138 e. The molecular weight excluding hydrogens is 186 g/mol. The lowest BCUT2D eigenvalue weighted by molar-refractivity contribution is 0.871. The zero-order valence-electron chi connectivity index (χ0n) is 7.11. The van der Waals surface area contributed by atoms with Gasteiger partial charge in [-0.1, -0.05) is 23.7 Å². The number of aryl methyl sites for hydroxylation is 1. The summed E-state index contributed by atoms with van der Waals surface area (Å²) in [6.45, 7) is 1.99. The molecule has 0 fully saturated rings. The van der Waals surface area contributed by atoms with Crippen LogP contribution in [0.4, 0.5) is 0 Å². The lowest BCUT2D eigenvalue weighted by atomic mass is 10.2. The van der Waals surface area contributed by atoms with Crippen molar-refractivity contribution in [3.05, 3.63) is 41.4 Å². The van der Waals surface area contributed by atoms with Crippen molar-refractivity contribution in [3.8, 4) is 5.69 Å². The molecule has 1 heterocycles. The Labute approximate surface area is 81.0 Å². The number of rotatable bonds is 1. The summed E-state index contributed by atoms with van der Waals surface area (Å²) in [5.74, 6) is 0. The van der Waals surface area contributed by atoms with Crippen LogP contribution in [0.3, 0.4) is 0 Å². The van der Waals surface area contributed by atoms with E-state index in [4.69, 9.17) is 11.6 Å². The molecule has 0 amide bonds. The molecule has 0 saturated carbocycles. The van der Waals surface area contributed by atoms with Crippen LogP contribution in [-0.4, -0.2) is 14.8 Å². The first-order chi connectivity index (χ1) is 6.29. The van der Waals surface area contributed by atoms with Crippen LogP contribution in [0.1, 0.15) is 5.56 Å². The molecule has 0 saturated heterocycles. The van der Waals surface area contributed by atoms with Crippen molar-refractivity contribution in [1.82, 2.24) is 14.8 Å². The number of benzene rings is 1. The fourth-order valence-electron chi connectivity index (χ4n) is 1.24. The molecule has 1 aromatic carbocycles. The van der Waals surface area contributed by atoms with Gasteiger partial charge in [0.25, 0.3) is 0 Å². The van der Waals surface area contributed by atoms with Gasteiger partial charge in [0.15, 0.2) is 0 Å². The third kappa shape index (κ3) is 1.42. The van der Waals surface area contributed by atoms with Crippen molar-refractivity contribution in [2.24, 2.45) is 0 Å². The van der Waals surface area contributed by atoms with Crippen molar-refractivity contribution in [1.29, 1.82) is 0 Å². The first-order valence-corrected chi connectivity index (χ1v) is 4.27. The highest BCUT2D eigenvalue weighted by atomic mass is 35.5. The number of hydrogen-bond acceptors (Lipinski definition) is 2. The second kappa shape index (κ2) is 3.18. The van der Waals surface area contributed by atoms with Crippen LogP contribution in [0, 0.1) is 6.92 Å². The quantitative estimate of drug-likeness (QED) is 0.696. The summed E-state index contributed by atoms with van der Waals surface area (Å²) in [4.78, 5) is 3.87. The molecule has 2 rings (SSSR count). The zero-order chi connectivity index (χ0) is 9.26. The minimum absolute atomic E-state index is 0.686. The van der Waals surface area contributed by atoms with Crippen LogP contribution in [-0.2, 0) is 0 Å². The molecule has 0 radical (unpaired) electrons. The van der Waals surface area contributed by atoms with Crippen molar-refractivity contribution in [2.75, 3.05) is 0 Å². The smallest absolute Gasteiger partial charge is 0.138 e. The van der Waals surface area contributed by atoms with Gasteiger partial charge in [-0.15, -0.1) is 0 Å². The highest BCUT2D eigenvalue weighted by molar-refractivity contribution is 6.32. The van der Waals surface area contributed by atoms with Crippen molar-refractivity contribution >= 4 is 11.6 Å². The summed E-state index contributed by atoms with van der Waals surface area (Å²) in [5, 5.41) is 4.71. The van der Waals surface area contributed by atoms with Crippen molar-refractivity contribution in [3.63, 3.8) is 0 Å². The minimum Gasteiger partial charge on any atom is -0.223 e. The van der Waals surface area contributed by atoms with Gasteiger partial charge in [0.1, 0.15) is 12.7 Å². The predicted octanol–water partition coefficient (Wildman–Crippen LogP) is 2.23. The molecule has 2 aromatic rings. The molecule has 0 N–H and O–H groups in total. The molecule has 1 aromatic heterocycles. The third-order valence-electron chi connectivity index (χ3n) is 1.84. The number of nitrogens with zero attached hydrogens (tertiary/aromatic N) is 3. The SMILES string of the molecule is Cc1cccc(Cl)c1-n1cncn1. The van der Waals surface area contributed by atoms with Crippen molar-refractivity contribution < 1.29 is 0 Å². The van der Waals surface area contributed by atoms with E-state index in [-0.39, 0.29) is 0 Å². The Balaban J connectivity index is 2.64. The van der Waals surface area contributed by atoms with E-state index in [9.17, 15) is 0 Å². The highest BCUT2D eigenvalue weighted by Crippen LogP contribution is 2.22. The summed E-state index contributed by atoms with van der Waals surface area (Å²) in [7, 11) is 0. The third-order valence-corrected chi connectivity index (χ3v) is 2.14. The summed E-state index contributed by atoms with van der Waals surface area (Å²) >= 11 is 6.03. The van der Waals surface area contributed by atoms with E-state index in [1.807, 2.05) is 25.1 Å². The largest absolute Gasteiger partial charge is 0.223 e. The van der Waals surface area contributed by atoms with Gasteiger partial charge in [-0.3, -0.25) is 0 Å². The molecule has 0 atom stereocenters. The van der Waals surface area contributed by atoms with E-state index in [0.717, 1.165) is 11.3 Å². The average molecular weight is 194 g/mol. The molecule has 0 aliphatic rings. The van der Waals surface area contributed by atoms with Crippen LogP contribution in [0.25, 0.3) is 5.69 Å². The molecule has 0 bridgehead atoms. The number of halogens is 1. The lowest BCUT2D eigenvalue weighted by Gasteiger charge is -2.06. The Kier molecular flexibility index (Phi) is 2.02. The Morgan fingerprint density at radius 1 is 1.38 bits per heavy atom. The average Bonchev–Trinajstić information content (AvgIpc) is 2.57. The van der Waals surface area contributed by atoms with Gasteiger partial charge >= 0.3 is 0 Å². The van der Waals surface area contributed by atoms with Gasteiger partial charge in [-0.25, -0.2) is 9.67 Å². The Bertz CT molecular complexity index is 389. The summed E-state index contributed by atoms with van der Waals surface area (Å²) < 4.78 is 1.66. The molecular formula is C9H8ClN3. The molecule has 0 aliphatic heterocycles. The standard InChI is InChI=1S/C9H8ClN3/c1-7-3-2-4-8(10)9(7)13-6-11-5-12-13/h2-6H,1H3. The second-order valence-corrected chi connectivity index (χ2v) is 3.15. The van der Waals surface area contributed by atoms with Gasteiger partial charge in [0.2, 0.25) is 0 Å². The maximum absolute atomic E-state index is 6.03. The fraction of sp³-hybridized carbons (Fsp3) is 0.111. The fourth-order valence-corrected chi connectivity index (χ4v) is 1.55. The first-order valence-electron chi connectivity index (χ1n) is 3.89. The highest BCUT2D eigenvalue weighted by Gasteiger charge is 2.05. The minimum atomic E-state index is 0.686.